The summed E-state index contributed by atoms with van der Waals surface area (Å²) >= 11 is 6.61. The zero-order valence-electron chi connectivity index (χ0n) is 17.8. The first kappa shape index (κ1) is 22.1. The lowest BCUT2D eigenvalue weighted by Crippen LogP contribution is -2.47. The minimum Gasteiger partial charge on any atom is -0.497 e. The third-order valence-electron chi connectivity index (χ3n) is 5.35. The van der Waals surface area contributed by atoms with Crippen LogP contribution in [0.5, 0.6) is 5.75 Å². The van der Waals surface area contributed by atoms with Gasteiger partial charge in [-0.1, -0.05) is 54.3 Å². The fourth-order valence-corrected chi connectivity index (χ4v) is 5.04. The highest BCUT2D eigenvalue weighted by Crippen LogP contribution is 2.34. The van der Waals surface area contributed by atoms with Gasteiger partial charge in [-0.15, -0.1) is 0 Å². The van der Waals surface area contributed by atoms with E-state index in [0.717, 1.165) is 22.0 Å². The zero-order chi connectivity index (χ0) is 22.7. The molecule has 4 rings (SSSR count). The van der Waals surface area contributed by atoms with Crippen molar-refractivity contribution >= 4 is 57.1 Å². The van der Waals surface area contributed by atoms with Gasteiger partial charge in [0.2, 0.25) is 5.91 Å². The van der Waals surface area contributed by atoms with Crippen LogP contribution in [0, 0.1) is 0 Å². The molecule has 0 spiro atoms. The number of aromatic nitrogens is 1. The fraction of sp³-hybridized carbons (Fsp3) is 0.208. The molecule has 1 atom stereocenters. The lowest BCUT2D eigenvalue weighted by molar-refractivity contribution is -0.132. The molecule has 164 valence electrons. The Labute approximate surface area is 196 Å². The molecule has 3 aromatic rings. The largest absolute Gasteiger partial charge is 0.497 e. The molecule has 0 aliphatic carbocycles. The number of thioether (sulfide) groups is 1. The summed E-state index contributed by atoms with van der Waals surface area (Å²) in [7, 11) is 1.59. The molecule has 6 nitrogen and oxygen atoms in total. The average Bonchev–Trinajstić information content (AvgIpc) is 3.33. The van der Waals surface area contributed by atoms with Gasteiger partial charge in [0.15, 0.2) is 0 Å². The Hall–Kier alpha value is -3.10. The number of fused-ring (bicyclic) bond motifs is 1. The van der Waals surface area contributed by atoms with Gasteiger partial charge < -0.3 is 15.0 Å². The van der Waals surface area contributed by atoms with Gasteiger partial charge in [-0.2, -0.15) is 0 Å². The number of hydrogen-bond acceptors (Lipinski definition) is 5. The number of thiocarbonyl (C=S) groups is 1. The number of carbonyl (C=O) groups excluding carboxylic acids is 2. The number of nitrogens with zero attached hydrogens (tertiary/aromatic N) is 1. The quantitative estimate of drug-likeness (QED) is 0.406. The average molecular weight is 466 g/mol. The van der Waals surface area contributed by atoms with Crippen LogP contribution in [0.25, 0.3) is 17.0 Å². The van der Waals surface area contributed by atoms with Gasteiger partial charge >= 0.3 is 0 Å². The SMILES string of the molecule is COc1cccc(/C=C2\SC(=S)N([C@@H](C)C(=O)NCCc3c[nH]c4ccccc34)C2=O)c1. The Morgan fingerprint density at radius 2 is 2.09 bits per heavy atom. The van der Waals surface area contributed by atoms with E-state index in [1.807, 2.05) is 48.7 Å². The zero-order valence-corrected chi connectivity index (χ0v) is 19.4. The second kappa shape index (κ2) is 9.58. The van der Waals surface area contributed by atoms with E-state index < -0.39 is 6.04 Å². The molecule has 2 N–H and O–H groups in total. The summed E-state index contributed by atoms with van der Waals surface area (Å²) in [5.74, 6) is 0.211. The molecule has 32 heavy (non-hydrogen) atoms. The molecule has 1 aromatic heterocycles. The molecule has 1 fully saturated rings. The maximum Gasteiger partial charge on any atom is 0.266 e. The summed E-state index contributed by atoms with van der Waals surface area (Å²) in [6.45, 7) is 2.17. The van der Waals surface area contributed by atoms with E-state index >= 15 is 0 Å². The van der Waals surface area contributed by atoms with E-state index in [1.165, 1.54) is 16.7 Å². The first-order chi connectivity index (χ1) is 15.5. The molecule has 2 heterocycles. The number of H-pyrrole nitrogens is 1. The number of ether oxygens (including phenoxy) is 1. The van der Waals surface area contributed by atoms with Gasteiger partial charge in [-0.3, -0.25) is 14.5 Å². The Balaban J connectivity index is 1.39. The van der Waals surface area contributed by atoms with Crippen LogP contribution in [0.4, 0.5) is 0 Å². The van der Waals surface area contributed by atoms with Crippen molar-refractivity contribution < 1.29 is 14.3 Å². The first-order valence-corrected chi connectivity index (χ1v) is 11.4. The van der Waals surface area contributed by atoms with Crippen LogP contribution in [0.3, 0.4) is 0 Å². The molecule has 0 unspecified atom stereocenters. The number of amides is 2. The summed E-state index contributed by atoms with van der Waals surface area (Å²) in [5.41, 5.74) is 3.05. The lowest BCUT2D eigenvalue weighted by Gasteiger charge is -2.22. The predicted molar refractivity (Wildman–Crippen MR) is 132 cm³/mol. The third kappa shape index (κ3) is 4.56. The van der Waals surface area contributed by atoms with E-state index in [0.29, 0.717) is 27.9 Å². The van der Waals surface area contributed by atoms with Gasteiger partial charge in [0.1, 0.15) is 16.1 Å². The Bertz CT molecular complexity index is 1220. The number of aromatic amines is 1. The number of methoxy groups -OCH3 is 1. The summed E-state index contributed by atoms with van der Waals surface area (Å²) in [5, 5.41) is 4.08. The molecular formula is C24H23N3O3S2. The van der Waals surface area contributed by atoms with Gasteiger partial charge in [0, 0.05) is 23.6 Å². The van der Waals surface area contributed by atoms with Crippen molar-refractivity contribution in [3.8, 4) is 5.75 Å². The number of benzene rings is 2. The smallest absolute Gasteiger partial charge is 0.266 e. The topological polar surface area (TPSA) is 74.4 Å². The summed E-state index contributed by atoms with van der Waals surface area (Å²) < 4.78 is 5.61. The lowest BCUT2D eigenvalue weighted by atomic mass is 10.1. The fourth-order valence-electron chi connectivity index (χ4n) is 3.62. The van der Waals surface area contributed by atoms with Crippen LogP contribution in [0.2, 0.25) is 0 Å². The Morgan fingerprint density at radius 1 is 1.28 bits per heavy atom. The minimum atomic E-state index is -0.693. The highest BCUT2D eigenvalue weighted by atomic mass is 32.2. The van der Waals surface area contributed by atoms with Crippen molar-refractivity contribution in [2.24, 2.45) is 0 Å². The van der Waals surface area contributed by atoms with Crippen molar-refractivity contribution in [3.05, 3.63) is 70.8 Å². The molecule has 2 amide bonds. The standard InChI is InChI=1S/C24H23N3O3S2/c1-15(22(28)25-11-10-17-14-26-20-9-4-3-8-19(17)20)27-23(29)21(32-24(27)31)13-16-6-5-7-18(12-16)30-2/h3-9,12-15,26H,10-11H2,1-2H3,(H,25,28)/b21-13-/t15-/m0/s1. The Kier molecular flexibility index (Phi) is 6.62. The third-order valence-corrected chi connectivity index (χ3v) is 6.68. The second-order valence-corrected chi connectivity index (χ2v) is 9.08. The van der Waals surface area contributed by atoms with Gasteiger partial charge in [-0.25, -0.2) is 0 Å². The maximum absolute atomic E-state index is 13.0. The number of rotatable bonds is 7. The molecule has 0 radical (unpaired) electrons. The highest BCUT2D eigenvalue weighted by molar-refractivity contribution is 8.26. The van der Waals surface area contributed by atoms with Crippen LogP contribution in [-0.2, 0) is 16.0 Å². The molecule has 0 saturated carbocycles. The van der Waals surface area contributed by atoms with Crippen molar-refractivity contribution in [2.75, 3.05) is 13.7 Å². The number of nitrogens with one attached hydrogen (secondary N) is 2. The number of carbonyl (C=O) groups is 2. The van der Waals surface area contributed by atoms with Crippen molar-refractivity contribution in [1.82, 2.24) is 15.2 Å². The molecule has 0 bridgehead atoms. The van der Waals surface area contributed by atoms with Crippen molar-refractivity contribution in [2.45, 2.75) is 19.4 Å². The molecule has 8 heteroatoms. The predicted octanol–water partition coefficient (Wildman–Crippen LogP) is 4.13. The Morgan fingerprint density at radius 3 is 2.91 bits per heavy atom. The minimum absolute atomic E-state index is 0.233. The van der Waals surface area contributed by atoms with E-state index in [1.54, 1.807) is 20.1 Å². The van der Waals surface area contributed by atoms with Crippen LogP contribution in [-0.4, -0.2) is 45.7 Å². The van der Waals surface area contributed by atoms with Gasteiger partial charge in [0.25, 0.3) is 5.91 Å². The van der Waals surface area contributed by atoms with Crippen LogP contribution in [0.1, 0.15) is 18.1 Å². The van der Waals surface area contributed by atoms with Crippen LogP contribution in [0.15, 0.2) is 59.6 Å². The molecule has 1 aliphatic heterocycles. The number of hydrogen-bond donors (Lipinski definition) is 2. The number of para-hydroxylation sites is 1. The monoisotopic (exact) mass is 465 g/mol. The normalized spacial score (nSPS) is 16.1. The van der Waals surface area contributed by atoms with E-state index in [4.69, 9.17) is 17.0 Å². The molecule has 2 aromatic carbocycles. The summed E-state index contributed by atoms with van der Waals surface area (Å²) in [6, 6.07) is 14.8. The second-order valence-electron chi connectivity index (χ2n) is 7.40. The maximum atomic E-state index is 13.0. The summed E-state index contributed by atoms with van der Waals surface area (Å²) in [6.07, 6.45) is 4.42. The molecule has 1 saturated heterocycles. The van der Waals surface area contributed by atoms with E-state index in [9.17, 15) is 9.59 Å². The van der Waals surface area contributed by atoms with Gasteiger partial charge in [0.05, 0.1) is 12.0 Å². The summed E-state index contributed by atoms with van der Waals surface area (Å²) in [4.78, 5) is 30.8. The van der Waals surface area contributed by atoms with E-state index in [-0.39, 0.29) is 11.8 Å². The van der Waals surface area contributed by atoms with Crippen LogP contribution >= 0.6 is 24.0 Å². The van der Waals surface area contributed by atoms with Crippen molar-refractivity contribution in [1.29, 1.82) is 0 Å². The van der Waals surface area contributed by atoms with Gasteiger partial charge in [-0.05, 0) is 48.7 Å². The highest BCUT2D eigenvalue weighted by Gasteiger charge is 2.38. The van der Waals surface area contributed by atoms with Crippen molar-refractivity contribution in [3.63, 3.8) is 0 Å². The van der Waals surface area contributed by atoms with E-state index in [2.05, 4.69) is 16.4 Å². The molecule has 1 aliphatic rings. The first-order valence-electron chi connectivity index (χ1n) is 10.2. The molecular weight excluding hydrogens is 442 g/mol. The van der Waals surface area contributed by atoms with Crippen LogP contribution < -0.4 is 10.1 Å².